The van der Waals surface area contributed by atoms with Crippen molar-refractivity contribution in [3.05, 3.63) is 48.2 Å². The van der Waals surface area contributed by atoms with Gasteiger partial charge in [-0.1, -0.05) is 30.3 Å². The number of pyridine rings is 1. The van der Waals surface area contributed by atoms with Crippen LogP contribution in [0.1, 0.15) is 49.5 Å². The lowest BCUT2D eigenvalue weighted by Crippen LogP contribution is -2.33. The van der Waals surface area contributed by atoms with E-state index in [1.54, 1.807) is 6.20 Å². The van der Waals surface area contributed by atoms with Gasteiger partial charge >= 0.3 is 0 Å². The van der Waals surface area contributed by atoms with Crippen LogP contribution in [0, 0.1) is 5.92 Å². The molecule has 3 aromatic rings. The van der Waals surface area contributed by atoms with Gasteiger partial charge in [0.1, 0.15) is 0 Å². The first-order chi connectivity index (χ1) is 14.1. The molecule has 0 aliphatic carbocycles. The molecule has 1 aliphatic heterocycles. The lowest BCUT2D eigenvalue weighted by molar-refractivity contribution is 0.0952. The first-order valence-electron chi connectivity index (χ1n) is 10.6. The lowest BCUT2D eigenvalue weighted by Gasteiger charge is -2.22. The fourth-order valence-corrected chi connectivity index (χ4v) is 4.00. The van der Waals surface area contributed by atoms with Crippen molar-refractivity contribution in [3.8, 4) is 11.3 Å². The van der Waals surface area contributed by atoms with Crippen LogP contribution < -0.4 is 10.6 Å². The Morgan fingerprint density at radius 2 is 2.03 bits per heavy atom. The molecule has 168 valence electrons. The van der Waals surface area contributed by atoms with Crippen molar-refractivity contribution < 1.29 is 4.79 Å². The molecule has 0 saturated carbocycles. The molecule has 1 aliphatic rings. The number of fused-ring (bicyclic) bond motifs is 1. The molecule has 2 aromatic heterocycles. The van der Waals surface area contributed by atoms with E-state index < -0.39 is 0 Å². The van der Waals surface area contributed by atoms with Crippen molar-refractivity contribution in [2.24, 2.45) is 5.92 Å². The van der Waals surface area contributed by atoms with E-state index in [2.05, 4.69) is 29.6 Å². The average Bonchev–Trinajstić information content (AvgIpc) is 3.19. The van der Waals surface area contributed by atoms with Gasteiger partial charge in [0.15, 0.2) is 5.65 Å². The van der Waals surface area contributed by atoms with Crippen LogP contribution in [-0.4, -0.2) is 40.3 Å². The molecule has 8 heteroatoms. The van der Waals surface area contributed by atoms with Crippen LogP contribution in [-0.2, 0) is 0 Å². The fraction of sp³-hybridized carbons (Fsp3) is 0.435. The smallest absolute Gasteiger partial charge is 0.252 e. The topological polar surface area (TPSA) is 71.8 Å². The minimum absolute atomic E-state index is 0. The normalized spacial score (nSPS) is 15.9. The third-order valence-corrected chi connectivity index (χ3v) is 5.61. The number of rotatable bonds is 6. The molecule has 31 heavy (non-hydrogen) atoms. The molecule has 1 amide bonds. The van der Waals surface area contributed by atoms with Gasteiger partial charge in [-0.25, -0.2) is 9.67 Å². The molecule has 2 N–H and O–H groups in total. The Hall–Kier alpha value is -2.15. The van der Waals surface area contributed by atoms with E-state index in [1.807, 2.05) is 41.1 Å². The minimum atomic E-state index is -0.0540. The van der Waals surface area contributed by atoms with E-state index in [4.69, 9.17) is 4.98 Å². The van der Waals surface area contributed by atoms with Crippen LogP contribution in [0.25, 0.3) is 22.3 Å². The number of carbonyl (C=O) groups is 1. The molecular formula is C23H31Cl2N5O. The Balaban J connectivity index is 0.00000171. The second-order valence-electron chi connectivity index (χ2n) is 8.10. The summed E-state index contributed by atoms with van der Waals surface area (Å²) < 4.78 is 1.88. The summed E-state index contributed by atoms with van der Waals surface area (Å²) in [5.74, 6) is 0.590. The molecular weight excluding hydrogens is 433 g/mol. The number of nitrogens with zero attached hydrogens (tertiary/aromatic N) is 3. The van der Waals surface area contributed by atoms with E-state index in [1.165, 1.54) is 12.8 Å². The zero-order valence-corrected chi connectivity index (χ0v) is 19.6. The molecule has 3 heterocycles. The van der Waals surface area contributed by atoms with Gasteiger partial charge in [-0.3, -0.25) is 4.79 Å². The van der Waals surface area contributed by atoms with E-state index >= 15 is 0 Å². The lowest BCUT2D eigenvalue weighted by atomic mass is 9.96. The quantitative estimate of drug-likeness (QED) is 0.558. The van der Waals surface area contributed by atoms with Gasteiger partial charge in [-0.05, 0) is 58.2 Å². The number of aromatic nitrogens is 3. The highest BCUT2D eigenvalue weighted by Gasteiger charge is 2.19. The molecule has 0 spiro atoms. The summed E-state index contributed by atoms with van der Waals surface area (Å²) in [7, 11) is 0. The summed E-state index contributed by atoms with van der Waals surface area (Å²) in [5.41, 5.74) is 3.18. The molecule has 1 aromatic carbocycles. The second kappa shape index (κ2) is 11.5. The SMILES string of the molecule is CC(C)n1ncc2c(C(=O)NCCC3CCCNC3)cc(-c3ccccc3)nc21.Cl.Cl. The first-order valence-corrected chi connectivity index (χ1v) is 10.6. The van der Waals surface area contributed by atoms with Crippen molar-refractivity contribution in [3.63, 3.8) is 0 Å². The van der Waals surface area contributed by atoms with Gasteiger partial charge in [0.25, 0.3) is 5.91 Å². The van der Waals surface area contributed by atoms with Crippen LogP contribution in [0.5, 0.6) is 0 Å². The molecule has 1 atom stereocenters. The Morgan fingerprint density at radius 3 is 2.71 bits per heavy atom. The highest BCUT2D eigenvalue weighted by atomic mass is 35.5. The predicted octanol–water partition coefficient (Wildman–Crippen LogP) is 4.64. The van der Waals surface area contributed by atoms with E-state index in [0.717, 1.165) is 41.8 Å². The number of amides is 1. The molecule has 1 unspecified atom stereocenters. The van der Waals surface area contributed by atoms with Gasteiger partial charge in [0.05, 0.1) is 22.8 Å². The van der Waals surface area contributed by atoms with Crippen molar-refractivity contribution >= 4 is 41.8 Å². The molecule has 0 bridgehead atoms. The maximum absolute atomic E-state index is 13.1. The second-order valence-corrected chi connectivity index (χ2v) is 8.10. The van der Waals surface area contributed by atoms with Crippen molar-refractivity contribution in [2.45, 2.75) is 39.2 Å². The zero-order valence-electron chi connectivity index (χ0n) is 18.0. The number of hydrogen-bond acceptors (Lipinski definition) is 4. The number of halogens is 2. The van der Waals surface area contributed by atoms with Gasteiger partial charge in [-0.2, -0.15) is 5.10 Å². The molecule has 0 radical (unpaired) electrons. The number of piperidine rings is 1. The molecule has 1 fully saturated rings. The van der Waals surface area contributed by atoms with Gasteiger partial charge in [-0.15, -0.1) is 24.8 Å². The van der Waals surface area contributed by atoms with Crippen LogP contribution >= 0.6 is 24.8 Å². The van der Waals surface area contributed by atoms with Crippen LogP contribution in [0.4, 0.5) is 0 Å². The van der Waals surface area contributed by atoms with Crippen LogP contribution in [0.3, 0.4) is 0 Å². The monoisotopic (exact) mass is 463 g/mol. The van der Waals surface area contributed by atoms with Crippen molar-refractivity contribution in [2.75, 3.05) is 19.6 Å². The summed E-state index contributed by atoms with van der Waals surface area (Å²) in [6, 6.07) is 12.0. The number of hydrogen-bond donors (Lipinski definition) is 2. The highest BCUT2D eigenvalue weighted by molar-refractivity contribution is 6.06. The van der Waals surface area contributed by atoms with Crippen LogP contribution in [0.2, 0.25) is 0 Å². The number of carbonyl (C=O) groups excluding carboxylic acids is 1. The maximum Gasteiger partial charge on any atom is 0.252 e. The zero-order chi connectivity index (χ0) is 20.2. The van der Waals surface area contributed by atoms with Gasteiger partial charge in [0.2, 0.25) is 0 Å². The van der Waals surface area contributed by atoms with Gasteiger partial charge < -0.3 is 10.6 Å². The maximum atomic E-state index is 13.1. The first kappa shape index (κ1) is 25.1. The fourth-order valence-electron chi connectivity index (χ4n) is 4.00. The van der Waals surface area contributed by atoms with Gasteiger partial charge in [0, 0.05) is 18.2 Å². The summed E-state index contributed by atoms with van der Waals surface area (Å²) in [6.45, 7) is 6.99. The van der Waals surface area contributed by atoms with E-state index in [-0.39, 0.29) is 36.8 Å². The van der Waals surface area contributed by atoms with Crippen molar-refractivity contribution in [1.29, 1.82) is 0 Å². The molecule has 4 rings (SSSR count). The van der Waals surface area contributed by atoms with E-state index in [0.29, 0.717) is 18.0 Å². The van der Waals surface area contributed by atoms with Crippen LogP contribution in [0.15, 0.2) is 42.6 Å². The Morgan fingerprint density at radius 1 is 1.26 bits per heavy atom. The van der Waals surface area contributed by atoms with Crippen molar-refractivity contribution in [1.82, 2.24) is 25.4 Å². The molecule has 6 nitrogen and oxygen atoms in total. The number of benzene rings is 1. The number of nitrogens with one attached hydrogen (secondary N) is 2. The standard InChI is InChI=1S/C23H29N5O.2ClH/c1-16(2)28-22-20(15-26-28)19(13-21(27-22)18-8-4-3-5-9-18)23(29)25-12-10-17-7-6-11-24-14-17;;/h3-5,8-9,13,15-17,24H,6-7,10-12,14H2,1-2H3,(H,25,29);2*1H. The van der Waals surface area contributed by atoms with E-state index in [9.17, 15) is 4.79 Å². The Labute approximate surface area is 196 Å². The Kier molecular flexibility index (Phi) is 9.29. The summed E-state index contributed by atoms with van der Waals surface area (Å²) in [6.07, 6.45) is 5.22. The summed E-state index contributed by atoms with van der Waals surface area (Å²) in [4.78, 5) is 17.9. The predicted molar refractivity (Wildman–Crippen MR) is 130 cm³/mol. The Bertz CT molecular complexity index is 984. The molecule has 1 saturated heterocycles. The largest absolute Gasteiger partial charge is 0.352 e. The summed E-state index contributed by atoms with van der Waals surface area (Å²) >= 11 is 0. The third kappa shape index (κ3) is 5.76. The third-order valence-electron chi connectivity index (χ3n) is 5.61. The minimum Gasteiger partial charge on any atom is -0.352 e. The highest BCUT2D eigenvalue weighted by Crippen LogP contribution is 2.26. The summed E-state index contributed by atoms with van der Waals surface area (Å²) in [5, 5.41) is 11.9. The average molecular weight is 464 g/mol.